The number of ether oxygens (including phenoxy) is 1. The van der Waals surface area contributed by atoms with Crippen LogP contribution in [-0.2, 0) is 11.3 Å². The number of carbonyl (C=O) groups excluding carboxylic acids is 1. The highest BCUT2D eigenvalue weighted by Gasteiger charge is 2.23. The van der Waals surface area contributed by atoms with Crippen molar-refractivity contribution in [2.45, 2.75) is 13.0 Å². The highest BCUT2D eigenvalue weighted by atomic mass is 127. The summed E-state index contributed by atoms with van der Waals surface area (Å²) < 4.78 is 4.93. The number of rotatable bonds is 3. The Balaban J connectivity index is 0.00000161. The van der Waals surface area contributed by atoms with Crippen LogP contribution < -0.4 is 15.5 Å². The van der Waals surface area contributed by atoms with Crippen molar-refractivity contribution >= 4 is 41.7 Å². The van der Waals surface area contributed by atoms with E-state index >= 15 is 0 Å². The Morgan fingerprint density at radius 2 is 2.14 bits per heavy atom. The van der Waals surface area contributed by atoms with E-state index in [1.54, 1.807) is 4.90 Å². The molecule has 1 fully saturated rings. The molecule has 2 heterocycles. The van der Waals surface area contributed by atoms with E-state index in [0.29, 0.717) is 13.2 Å². The van der Waals surface area contributed by atoms with Crippen LogP contribution in [0.4, 0.5) is 10.5 Å². The highest BCUT2D eigenvalue weighted by molar-refractivity contribution is 14.0. The van der Waals surface area contributed by atoms with E-state index in [-0.39, 0.29) is 30.1 Å². The summed E-state index contributed by atoms with van der Waals surface area (Å²) in [4.78, 5) is 17.5. The molecule has 1 amide bonds. The molecule has 114 valence electrons. The predicted molar refractivity (Wildman–Crippen MR) is 92.3 cm³/mol. The summed E-state index contributed by atoms with van der Waals surface area (Å²) in [5.74, 6) is 0.864. The second-order valence-electron chi connectivity index (χ2n) is 4.80. The average molecular weight is 402 g/mol. The van der Waals surface area contributed by atoms with Gasteiger partial charge in [0.05, 0.1) is 6.54 Å². The molecule has 3 rings (SSSR count). The Kier molecular flexibility index (Phi) is 5.66. The first-order valence-corrected chi connectivity index (χ1v) is 6.88. The third-order valence-electron chi connectivity index (χ3n) is 3.37. The normalized spacial score (nSPS) is 17.4. The van der Waals surface area contributed by atoms with Crippen LogP contribution in [0.1, 0.15) is 12.0 Å². The monoisotopic (exact) mass is 402 g/mol. The minimum Gasteiger partial charge on any atom is -0.447 e. The zero-order chi connectivity index (χ0) is 13.8. The maximum Gasteiger partial charge on any atom is 0.414 e. The number of hydrogen-bond acceptors (Lipinski definition) is 5. The van der Waals surface area contributed by atoms with Gasteiger partial charge in [-0.2, -0.15) is 0 Å². The number of carbonyl (C=O) groups is 1. The molecule has 0 saturated carbocycles. The fourth-order valence-electron chi connectivity index (χ4n) is 2.26. The molecule has 1 aromatic carbocycles. The molecule has 0 radical (unpaired) electrons. The van der Waals surface area contributed by atoms with Crippen molar-refractivity contribution in [2.75, 3.05) is 31.1 Å². The number of cyclic esters (lactones) is 1. The van der Waals surface area contributed by atoms with Crippen LogP contribution in [0.2, 0.25) is 0 Å². The molecule has 2 aliphatic rings. The number of hydrogen-bond donors (Lipinski definition) is 2. The lowest BCUT2D eigenvalue weighted by Gasteiger charge is -2.16. The van der Waals surface area contributed by atoms with Gasteiger partial charge in [0.15, 0.2) is 5.96 Å². The predicted octanol–water partition coefficient (Wildman–Crippen LogP) is 1.70. The molecule has 1 saturated heterocycles. The molecule has 0 unspecified atom stereocenters. The van der Waals surface area contributed by atoms with Crippen LogP contribution in [0.3, 0.4) is 0 Å². The first-order valence-electron chi connectivity index (χ1n) is 6.88. The fourth-order valence-corrected chi connectivity index (χ4v) is 2.26. The van der Waals surface area contributed by atoms with Gasteiger partial charge < -0.3 is 15.4 Å². The minimum absolute atomic E-state index is 0. The summed E-state index contributed by atoms with van der Waals surface area (Å²) in [6, 6.07) is 7.91. The van der Waals surface area contributed by atoms with Crippen molar-refractivity contribution in [3.05, 3.63) is 29.8 Å². The van der Waals surface area contributed by atoms with E-state index in [2.05, 4.69) is 15.6 Å². The topological polar surface area (TPSA) is 66.0 Å². The maximum atomic E-state index is 11.5. The molecule has 0 aromatic heterocycles. The molecule has 2 aliphatic heterocycles. The standard InChI is InChI=1S/C14H18N4O2.HI/c19-14-18(8-9-20-14)12-4-2-11(3-5-12)10-17-13-15-6-1-7-16-13;/h2-5H,1,6-10H2,(H2,15,16,17);1H. The molecule has 7 heteroatoms. The van der Waals surface area contributed by atoms with E-state index < -0.39 is 0 Å². The van der Waals surface area contributed by atoms with Crippen molar-refractivity contribution in [1.29, 1.82) is 0 Å². The van der Waals surface area contributed by atoms with Crippen molar-refractivity contribution in [3.63, 3.8) is 0 Å². The zero-order valence-electron chi connectivity index (χ0n) is 11.7. The summed E-state index contributed by atoms with van der Waals surface area (Å²) in [7, 11) is 0. The van der Waals surface area contributed by atoms with Crippen LogP contribution >= 0.6 is 24.0 Å². The minimum atomic E-state index is -0.267. The summed E-state index contributed by atoms with van der Waals surface area (Å²) in [5.41, 5.74) is 2.03. The van der Waals surface area contributed by atoms with Gasteiger partial charge in [-0.25, -0.2) is 4.79 Å². The molecular weight excluding hydrogens is 383 g/mol. The Hall–Kier alpha value is -1.51. The molecule has 0 aliphatic carbocycles. The summed E-state index contributed by atoms with van der Waals surface area (Å²) >= 11 is 0. The lowest BCUT2D eigenvalue weighted by atomic mass is 10.2. The smallest absolute Gasteiger partial charge is 0.414 e. The van der Waals surface area contributed by atoms with Gasteiger partial charge in [0.1, 0.15) is 6.61 Å². The first kappa shape index (κ1) is 15.9. The summed E-state index contributed by atoms with van der Waals surface area (Å²) in [6.07, 6.45) is 0.822. The number of amides is 1. The first-order chi connectivity index (χ1) is 9.83. The van der Waals surface area contributed by atoms with Crippen LogP contribution in [0.15, 0.2) is 29.3 Å². The number of benzene rings is 1. The van der Waals surface area contributed by atoms with E-state index in [0.717, 1.165) is 43.3 Å². The van der Waals surface area contributed by atoms with E-state index in [1.165, 1.54) is 0 Å². The summed E-state index contributed by atoms with van der Waals surface area (Å²) in [5, 5.41) is 6.49. The van der Waals surface area contributed by atoms with Crippen molar-refractivity contribution < 1.29 is 9.53 Å². The third-order valence-corrected chi connectivity index (χ3v) is 3.37. The fraction of sp³-hybridized carbons (Fsp3) is 0.429. The number of anilines is 1. The molecule has 0 spiro atoms. The molecule has 0 bridgehead atoms. The Morgan fingerprint density at radius 3 is 2.76 bits per heavy atom. The van der Waals surface area contributed by atoms with Crippen LogP contribution in [-0.4, -0.2) is 38.3 Å². The molecule has 1 aromatic rings. The second-order valence-corrected chi connectivity index (χ2v) is 4.80. The lowest BCUT2D eigenvalue weighted by Crippen LogP contribution is -2.40. The van der Waals surface area contributed by atoms with Gasteiger partial charge in [0.25, 0.3) is 0 Å². The molecule has 6 nitrogen and oxygen atoms in total. The van der Waals surface area contributed by atoms with Gasteiger partial charge in [0, 0.05) is 25.3 Å². The van der Waals surface area contributed by atoms with Crippen molar-refractivity contribution in [2.24, 2.45) is 4.99 Å². The number of aliphatic imine (C=N–C) groups is 1. The van der Waals surface area contributed by atoms with Gasteiger partial charge >= 0.3 is 6.09 Å². The number of nitrogens with zero attached hydrogens (tertiary/aromatic N) is 2. The average Bonchev–Trinajstić information content (AvgIpc) is 2.93. The molecule has 21 heavy (non-hydrogen) atoms. The van der Waals surface area contributed by atoms with Crippen molar-refractivity contribution in [3.8, 4) is 0 Å². The maximum absolute atomic E-state index is 11.5. The van der Waals surface area contributed by atoms with Gasteiger partial charge in [-0.3, -0.25) is 9.89 Å². The Bertz CT molecular complexity index is 518. The Labute approximate surface area is 141 Å². The highest BCUT2D eigenvalue weighted by Crippen LogP contribution is 2.19. The van der Waals surface area contributed by atoms with E-state index in [9.17, 15) is 4.79 Å². The third kappa shape index (κ3) is 3.99. The Morgan fingerprint density at radius 1 is 1.33 bits per heavy atom. The van der Waals surface area contributed by atoms with Gasteiger partial charge in [0.2, 0.25) is 0 Å². The number of nitrogens with one attached hydrogen (secondary N) is 2. The van der Waals surface area contributed by atoms with Gasteiger partial charge in [-0.1, -0.05) is 12.1 Å². The molecular formula is C14H19IN4O2. The van der Waals surface area contributed by atoms with Crippen LogP contribution in [0.25, 0.3) is 0 Å². The van der Waals surface area contributed by atoms with Gasteiger partial charge in [-0.15, -0.1) is 24.0 Å². The lowest BCUT2D eigenvalue weighted by molar-refractivity contribution is 0.181. The molecule has 0 atom stereocenters. The molecule has 2 N–H and O–H groups in total. The SMILES string of the molecule is I.O=C1OCCN1c1ccc(CNC2=NCCCN2)cc1. The van der Waals surface area contributed by atoms with E-state index in [4.69, 9.17) is 4.74 Å². The van der Waals surface area contributed by atoms with Crippen molar-refractivity contribution in [1.82, 2.24) is 10.6 Å². The zero-order valence-corrected chi connectivity index (χ0v) is 14.0. The van der Waals surface area contributed by atoms with E-state index in [1.807, 2.05) is 24.3 Å². The quantitative estimate of drug-likeness (QED) is 0.756. The largest absolute Gasteiger partial charge is 0.447 e. The second kappa shape index (κ2) is 7.48. The van der Waals surface area contributed by atoms with Crippen LogP contribution in [0, 0.1) is 0 Å². The van der Waals surface area contributed by atoms with Crippen LogP contribution in [0.5, 0.6) is 0 Å². The summed E-state index contributed by atoms with van der Waals surface area (Å²) in [6.45, 7) is 3.66. The number of guanidine groups is 1. The van der Waals surface area contributed by atoms with Gasteiger partial charge in [-0.05, 0) is 24.1 Å². The number of halogens is 1.